The van der Waals surface area contributed by atoms with Crippen LogP contribution in [-0.4, -0.2) is 51.5 Å². The van der Waals surface area contributed by atoms with Crippen LogP contribution in [0.3, 0.4) is 0 Å². The predicted molar refractivity (Wildman–Crippen MR) is 101 cm³/mol. The largest absolute Gasteiger partial charge is 0.497 e. The van der Waals surface area contributed by atoms with E-state index in [0.717, 1.165) is 16.2 Å². The van der Waals surface area contributed by atoms with Crippen LogP contribution in [-0.2, 0) is 9.59 Å². The summed E-state index contributed by atoms with van der Waals surface area (Å²) in [6.07, 6.45) is 0. The minimum absolute atomic E-state index is 0.0362. The zero-order chi connectivity index (χ0) is 19.1. The standard InChI is InChI=1S/C20H25N3O3/c1-22(2)20(25)19(15-8-6-5-7-9-15)23(3)14-18(24)21-16-10-12-17(26-4)13-11-16/h5-13,19H,14H2,1-4H3,(H,21,24)/p+1/t19-/m1/s1. The van der Waals surface area contributed by atoms with Crippen molar-refractivity contribution in [2.75, 3.05) is 40.1 Å². The zero-order valence-electron chi connectivity index (χ0n) is 15.7. The number of nitrogens with zero attached hydrogens (tertiary/aromatic N) is 1. The molecule has 2 amide bonds. The summed E-state index contributed by atoms with van der Waals surface area (Å²) in [6, 6.07) is 16.2. The zero-order valence-corrected chi connectivity index (χ0v) is 15.7. The van der Waals surface area contributed by atoms with Gasteiger partial charge in [-0.25, -0.2) is 0 Å². The Morgan fingerprint density at radius 3 is 2.23 bits per heavy atom. The molecule has 0 saturated carbocycles. The van der Waals surface area contributed by atoms with Gasteiger partial charge in [-0.05, 0) is 24.3 Å². The van der Waals surface area contributed by atoms with Gasteiger partial charge in [0.25, 0.3) is 11.8 Å². The van der Waals surface area contributed by atoms with Crippen molar-refractivity contribution in [3.8, 4) is 5.75 Å². The summed E-state index contributed by atoms with van der Waals surface area (Å²) >= 11 is 0. The Balaban J connectivity index is 2.09. The quantitative estimate of drug-likeness (QED) is 0.777. The van der Waals surface area contributed by atoms with Crippen molar-refractivity contribution in [1.29, 1.82) is 0 Å². The van der Waals surface area contributed by atoms with Crippen molar-refractivity contribution in [2.24, 2.45) is 0 Å². The van der Waals surface area contributed by atoms with E-state index in [1.165, 1.54) is 0 Å². The highest BCUT2D eigenvalue weighted by Crippen LogP contribution is 2.15. The second kappa shape index (κ2) is 9.01. The first-order chi connectivity index (χ1) is 12.4. The fourth-order valence-electron chi connectivity index (χ4n) is 2.78. The fourth-order valence-corrected chi connectivity index (χ4v) is 2.78. The topological polar surface area (TPSA) is 63.1 Å². The number of carbonyl (C=O) groups is 2. The SMILES string of the molecule is COc1ccc(NC(=O)C[NH+](C)[C@@H](C(=O)N(C)C)c2ccccc2)cc1. The molecule has 0 saturated heterocycles. The Morgan fingerprint density at radius 1 is 1.08 bits per heavy atom. The van der Waals surface area contributed by atoms with Gasteiger partial charge in [-0.1, -0.05) is 30.3 Å². The Bertz CT molecular complexity index is 730. The molecule has 1 unspecified atom stereocenters. The molecule has 6 nitrogen and oxygen atoms in total. The highest BCUT2D eigenvalue weighted by atomic mass is 16.5. The van der Waals surface area contributed by atoms with Crippen LogP contribution in [0.15, 0.2) is 54.6 Å². The summed E-state index contributed by atoms with van der Waals surface area (Å²) in [5.74, 6) is 0.539. The Labute approximate surface area is 154 Å². The van der Waals surface area contributed by atoms with Crippen LogP contribution in [0, 0.1) is 0 Å². The number of likely N-dealkylation sites (N-methyl/N-ethyl adjacent to an activating group) is 2. The molecule has 0 aliphatic rings. The van der Waals surface area contributed by atoms with Crippen LogP contribution < -0.4 is 15.0 Å². The lowest BCUT2D eigenvalue weighted by molar-refractivity contribution is -0.894. The molecule has 0 radical (unpaired) electrons. The lowest BCUT2D eigenvalue weighted by Crippen LogP contribution is -3.11. The molecule has 0 aromatic heterocycles. The highest BCUT2D eigenvalue weighted by molar-refractivity contribution is 5.91. The number of anilines is 1. The van der Waals surface area contributed by atoms with Crippen LogP contribution in [0.4, 0.5) is 5.69 Å². The van der Waals surface area contributed by atoms with Crippen LogP contribution >= 0.6 is 0 Å². The molecular weight excluding hydrogens is 330 g/mol. The molecule has 2 atom stereocenters. The van der Waals surface area contributed by atoms with Gasteiger partial charge in [0, 0.05) is 25.3 Å². The van der Waals surface area contributed by atoms with Crippen LogP contribution in [0.1, 0.15) is 11.6 Å². The second-order valence-corrected chi connectivity index (χ2v) is 6.38. The summed E-state index contributed by atoms with van der Waals surface area (Å²) in [7, 11) is 6.90. The summed E-state index contributed by atoms with van der Waals surface area (Å²) in [4.78, 5) is 27.4. The lowest BCUT2D eigenvalue weighted by Gasteiger charge is -2.26. The maximum atomic E-state index is 12.7. The van der Waals surface area contributed by atoms with Crippen molar-refractivity contribution in [2.45, 2.75) is 6.04 Å². The summed E-state index contributed by atoms with van der Waals surface area (Å²) in [5.41, 5.74) is 1.58. The highest BCUT2D eigenvalue weighted by Gasteiger charge is 2.31. The molecule has 2 aromatic carbocycles. The molecule has 0 aliphatic carbocycles. The van der Waals surface area contributed by atoms with Gasteiger partial charge >= 0.3 is 0 Å². The van der Waals surface area contributed by atoms with E-state index in [-0.39, 0.29) is 18.4 Å². The predicted octanol–water partition coefficient (Wildman–Crippen LogP) is 0.978. The average molecular weight is 356 g/mol. The van der Waals surface area contributed by atoms with E-state index in [2.05, 4.69) is 5.32 Å². The molecule has 0 aliphatic heterocycles. The number of hydrogen-bond donors (Lipinski definition) is 2. The number of rotatable bonds is 7. The summed E-state index contributed by atoms with van der Waals surface area (Å²) in [5, 5.41) is 2.86. The van der Waals surface area contributed by atoms with Crippen molar-refractivity contribution in [3.05, 3.63) is 60.2 Å². The number of amides is 2. The van der Waals surface area contributed by atoms with E-state index in [1.807, 2.05) is 37.4 Å². The molecular formula is C20H26N3O3+. The number of benzene rings is 2. The van der Waals surface area contributed by atoms with Gasteiger partial charge in [-0.2, -0.15) is 0 Å². The third kappa shape index (κ3) is 5.07. The summed E-state index contributed by atoms with van der Waals surface area (Å²) < 4.78 is 5.11. The van der Waals surface area contributed by atoms with Crippen LogP contribution in [0.5, 0.6) is 5.75 Å². The van der Waals surface area contributed by atoms with E-state index in [1.54, 1.807) is 50.4 Å². The van der Waals surface area contributed by atoms with E-state index in [9.17, 15) is 9.59 Å². The molecule has 138 valence electrons. The molecule has 0 spiro atoms. The van der Waals surface area contributed by atoms with Crippen molar-refractivity contribution in [3.63, 3.8) is 0 Å². The maximum absolute atomic E-state index is 12.7. The Morgan fingerprint density at radius 2 is 1.69 bits per heavy atom. The van der Waals surface area contributed by atoms with Gasteiger partial charge in [0.2, 0.25) is 0 Å². The van der Waals surface area contributed by atoms with Gasteiger partial charge < -0.3 is 19.9 Å². The van der Waals surface area contributed by atoms with E-state index >= 15 is 0 Å². The number of hydrogen-bond acceptors (Lipinski definition) is 3. The van der Waals surface area contributed by atoms with Gasteiger partial charge in [0.05, 0.1) is 14.2 Å². The smallest absolute Gasteiger partial charge is 0.285 e. The van der Waals surface area contributed by atoms with E-state index in [0.29, 0.717) is 5.69 Å². The van der Waals surface area contributed by atoms with Crippen LogP contribution in [0.2, 0.25) is 0 Å². The number of quaternary nitrogens is 1. The Hall–Kier alpha value is -2.86. The Kier molecular flexibility index (Phi) is 6.74. The molecule has 2 rings (SSSR count). The molecule has 2 N–H and O–H groups in total. The third-order valence-corrected chi connectivity index (χ3v) is 4.13. The first kappa shape index (κ1) is 19.5. The van der Waals surface area contributed by atoms with Crippen molar-refractivity contribution >= 4 is 17.5 Å². The number of carbonyl (C=O) groups excluding carboxylic acids is 2. The fraction of sp³-hybridized carbons (Fsp3) is 0.300. The van der Waals surface area contributed by atoms with E-state index in [4.69, 9.17) is 4.74 Å². The van der Waals surface area contributed by atoms with Gasteiger partial charge in [-0.3, -0.25) is 9.59 Å². The van der Waals surface area contributed by atoms with Crippen LogP contribution in [0.25, 0.3) is 0 Å². The normalized spacial score (nSPS) is 12.8. The number of methoxy groups -OCH3 is 1. The number of ether oxygens (including phenoxy) is 1. The molecule has 2 aromatic rings. The second-order valence-electron chi connectivity index (χ2n) is 6.38. The minimum Gasteiger partial charge on any atom is -0.497 e. The number of nitrogens with one attached hydrogen (secondary N) is 2. The van der Waals surface area contributed by atoms with E-state index < -0.39 is 6.04 Å². The van der Waals surface area contributed by atoms with Crippen molar-refractivity contribution in [1.82, 2.24) is 4.90 Å². The van der Waals surface area contributed by atoms with Gasteiger partial charge in [0.15, 0.2) is 12.6 Å². The average Bonchev–Trinajstić information content (AvgIpc) is 2.63. The third-order valence-electron chi connectivity index (χ3n) is 4.13. The van der Waals surface area contributed by atoms with Gasteiger partial charge in [-0.15, -0.1) is 0 Å². The summed E-state index contributed by atoms with van der Waals surface area (Å²) in [6.45, 7) is 0.172. The first-order valence-electron chi connectivity index (χ1n) is 8.44. The maximum Gasteiger partial charge on any atom is 0.285 e. The first-order valence-corrected chi connectivity index (χ1v) is 8.44. The van der Waals surface area contributed by atoms with Gasteiger partial charge in [0.1, 0.15) is 5.75 Å². The molecule has 0 fully saturated rings. The lowest BCUT2D eigenvalue weighted by atomic mass is 10.0. The van der Waals surface area contributed by atoms with Crippen molar-refractivity contribution < 1.29 is 19.2 Å². The molecule has 6 heteroatoms. The molecule has 0 bridgehead atoms. The monoisotopic (exact) mass is 356 g/mol. The minimum atomic E-state index is -0.437. The molecule has 26 heavy (non-hydrogen) atoms. The molecule has 0 heterocycles.